The standard InChI is InChI=1S/C17H16N2O3S/c1-21-16-8-12(10-18)6-7-15(16)22-11-17(20)19-13-4-3-5-14(9-13)23-2/h3-9H,11H2,1-2H3,(H,19,20). The van der Waals surface area contributed by atoms with E-state index in [0.717, 1.165) is 10.6 Å². The minimum atomic E-state index is -0.269. The molecule has 118 valence electrons. The van der Waals surface area contributed by atoms with Crippen LogP contribution in [0.3, 0.4) is 0 Å². The summed E-state index contributed by atoms with van der Waals surface area (Å²) >= 11 is 1.60. The van der Waals surface area contributed by atoms with Gasteiger partial charge in [-0.25, -0.2) is 0 Å². The van der Waals surface area contributed by atoms with Gasteiger partial charge in [0.25, 0.3) is 5.91 Å². The molecule has 1 N–H and O–H groups in total. The van der Waals surface area contributed by atoms with Crippen molar-refractivity contribution in [1.82, 2.24) is 0 Å². The fourth-order valence-electron chi connectivity index (χ4n) is 1.90. The van der Waals surface area contributed by atoms with E-state index >= 15 is 0 Å². The van der Waals surface area contributed by atoms with Gasteiger partial charge >= 0.3 is 0 Å². The van der Waals surface area contributed by atoms with E-state index in [2.05, 4.69) is 5.32 Å². The van der Waals surface area contributed by atoms with Crippen molar-refractivity contribution >= 4 is 23.4 Å². The van der Waals surface area contributed by atoms with Crippen LogP contribution in [0.1, 0.15) is 5.56 Å². The number of rotatable bonds is 6. The van der Waals surface area contributed by atoms with E-state index in [-0.39, 0.29) is 12.5 Å². The van der Waals surface area contributed by atoms with Gasteiger partial charge < -0.3 is 14.8 Å². The summed E-state index contributed by atoms with van der Waals surface area (Å²) < 4.78 is 10.6. The lowest BCUT2D eigenvalue weighted by Gasteiger charge is -2.11. The van der Waals surface area contributed by atoms with Gasteiger partial charge in [0.1, 0.15) is 0 Å². The maximum absolute atomic E-state index is 12.0. The van der Waals surface area contributed by atoms with E-state index in [9.17, 15) is 4.79 Å². The Labute approximate surface area is 139 Å². The van der Waals surface area contributed by atoms with E-state index < -0.39 is 0 Å². The third-order valence-electron chi connectivity index (χ3n) is 3.00. The number of amides is 1. The summed E-state index contributed by atoms with van der Waals surface area (Å²) in [5.74, 6) is 0.565. The second-order valence-corrected chi connectivity index (χ2v) is 5.43. The van der Waals surface area contributed by atoms with Crippen molar-refractivity contribution in [3.63, 3.8) is 0 Å². The molecule has 0 bridgehead atoms. The Balaban J connectivity index is 1.98. The van der Waals surface area contributed by atoms with Crippen LogP contribution in [0, 0.1) is 11.3 Å². The molecule has 0 spiro atoms. The van der Waals surface area contributed by atoms with E-state index in [4.69, 9.17) is 14.7 Å². The molecule has 0 atom stereocenters. The van der Waals surface area contributed by atoms with Gasteiger partial charge in [-0.15, -0.1) is 11.8 Å². The van der Waals surface area contributed by atoms with Crippen molar-refractivity contribution in [2.75, 3.05) is 25.3 Å². The van der Waals surface area contributed by atoms with Gasteiger partial charge in [0.15, 0.2) is 18.1 Å². The van der Waals surface area contributed by atoms with Crippen LogP contribution in [0.2, 0.25) is 0 Å². The summed E-state index contributed by atoms with van der Waals surface area (Å²) in [6, 6.07) is 14.4. The van der Waals surface area contributed by atoms with Gasteiger partial charge in [0.2, 0.25) is 0 Å². The highest BCUT2D eigenvalue weighted by Crippen LogP contribution is 2.27. The number of carbonyl (C=O) groups excluding carboxylic acids is 1. The Morgan fingerprint density at radius 2 is 2.09 bits per heavy atom. The molecule has 2 aromatic rings. The third-order valence-corrected chi connectivity index (χ3v) is 3.73. The topological polar surface area (TPSA) is 71.3 Å². The van der Waals surface area contributed by atoms with Gasteiger partial charge in [-0.3, -0.25) is 4.79 Å². The highest BCUT2D eigenvalue weighted by Gasteiger charge is 2.09. The normalized spacial score (nSPS) is 9.78. The number of carbonyl (C=O) groups is 1. The van der Waals surface area contributed by atoms with Crippen LogP contribution in [-0.2, 0) is 4.79 Å². The molecule has 0 aromatic heterocycles. The van der Waals surface area contributed by atoms with E-state index in [1.54, 1.807) is 30.0 Å². The van der Waals surface area contributed by atoms with Crippen molar-refractivity contribution in [3.8, 4) is 17.6 Å². The van der Waals surface area contributed by atoms with Crippen LogP contribution >= 0.6 is 11.8 Å². The van der Waals surface area contributed by atoms with Crippen molar-refractivity contribution in [1.29, 1.82) is 5.26 Å². The number of anilines is 1. The lowest BCUT2D eigenvalue weighted by Crippen LogP contribution is -2.20. The summed E-state index contributed by atoms with van der Waals surface area (Å²) in [6.07, 6.45) is 1.97. The van der Waals surface area contributed by atoms with Crippen molar-refractivity contribution in [2.45, 2.75) is 4.90 Å². The highest BCUT2D eigenvalue weighted by atomic mass is 32.2. The molecular weight excluding hydrogens is 312 g/mol. The maximum Gasteiger partial charge on any atom is 0.262 e. The summed E-state index contributed by atoms with van der Waals surface area (Å²) in [7, 11) is 1.48. The van der Waals surface area contributed by atoms with Gasteiger partial charge in [0.05, 0.1) is 18.7 Å². The first-order chi connectivity index (χ1) is 11.2. The summed E-state index contributed by atoms with van der Waals surface area (Å²) in [6.45, 7) is -0.147. The largest absolute Gasteiger partial charge is 0.493 e. The number of ether oxygens (including phenoxy) is 2. The number of methoxy groups -OCH3 is 1. The highest BCUT2D eigenvalue weighted by molar-refractivity contribution is 7.98. The third kappa shape index (κ3) is 4.66. The number of nitrogens with one attached hydrogen (secondary N) is 1. The van der Waals surface area contributed by atoms with Crippen molar-refractivity contribution < 1.29 is 14.3 Å². The number of benzene rings is 2. The molecule has 2 aromatic carbocycles. The average Bonchev–Trinajstić information content (AvgIpc) is 2.59. The van der Waals surface area contributed by atoms with Crippen LogP contribution in [-0.4, -0.2) is 25.9 Å². The van der Waals surface area contributed by atoms with Gasteiger partial charge in [-0.1, -0.05) is 6.07 Å². The number of thioether (sulfide) groups is 1. The first-order valence-electron chi connectivity index (χ1n) is 6.81. The van der Waals surface area contributed by atoms with Gasteiger partial charge in [0, 0.05) is 16.6 Å². The molecule has 0 radical (unpaired) electrons. The molecule has 0 fully saturated rings. The first-order valence-corrected chi connectivity index (χ1v) is 8.03. The molecule has 0 saturated heterocycles. The maximum atomic E-state index is 12.0. The van der Waals surface area contributed by atoms with E-state index in [0.29, 0.717) is 17.1 Å². The van der Waals surface area contributed by atoms with Crippen LogP contribution < -0.4 is 14.8 Å². The Kier molecular flexibility index (Phi) is 5.89. The Morgan fingerprint density at radius 3 is 2.78 bits per heavy atom. The fourth-order valence-corrected chi connectivity index (χ4v) is 2.36. The lowest BCUT2D eigenvalue weighted by molar-refractivity contribution is -0.118. The average molecular weight is 328 g/mol. The SMILES string of the molecule is COc1cc(C#N)ccc1OCC(=O)Nc1cccc(SC)c1. The van der Waals surface area contributed by atoms with Crippen LogP contribution in [0.25, 0.3) is 0 Å². The minimum absolute atomic E-state index is 0.147. The predicted molar refractivity (Wildman–Crippen MR) is 90.1 cm³/mol. The fraction of sp³-hybridized carbons (Fsp3) is 0.176. The Hall–Kier alpha value is -2.65. The molecule has 6 heteroatoms. The quantitative estimate of drug-likeness (QED) is 0.824. The smallest absolute Gasteiger partial charge is 0.262 e. The minimum Gasteiger partial charge on any atom is -0.493 e. The molecule has 0 aliphatic carbocycles. The second-order valence-electron chi connectivity index (χ2n) is 4.55. The Morgan fingerprint density at radius 1 is 1.26 bits per heavy atom. The van der Waals surface area contributed by atoms with Crippen LogP contribution in [0.4, 0.5) is 5.69 Å². The summed E-state index contributed by atoms with van der Waals surface area (Å²) in [5, 5.41) is 11.6. The number of hydrogen-bond donors (Lipinski definition) is 1. The van der Waals surface area contributed by atoms with Crippen molar-refractivity contribution in [3.05, 3.63) is 48.0 Å². The monoisotopic (exact) mass is 328 g/mol. The van der Waals surface area contributed by atoms with Gasteiger partial charge in [-0.05, 0) is 36.6 Å². The van der Waals surface area contributed by atoms with Crippen molar-refractivity contribution in [2.24, 2.45) is 0 Å². The van der Waals surface area contributed by atoms with Crippen LogP contribution in [0.5, 0.6) is 11.5 Å². The molecule has 0 aliphatic heterocycles. The zero-order valence-corrected chi connectivity index (χ0v) is 13.6. The lowest BCUT2D eigenvalue weighted by atomic mass is 10.2. The first kappa shape index (κ1) is 16.7. The molecule has 0 saturated carbocycles. The molecule has 1 amide bonds. The van der Waals surface area contributed by atoms with E-state index in [1.807, 2.05) is 36.6 Å². The zero-order chi connectivity index (χ0) is 16.7. The summed E-state index contributed by atoms with van der Waals surface area (Å²) in [4.78, 5) is 13.0. The molecule has 5 nitrogen and oxygen atoms in total. The second kappa shape index (κ2) is 8.11. The molecule has 23 heavy (non-hydrogen) atoms. The molecule has 0 heterocycles. The molecular formula is C17H16N2O3S. The van der Waals surface area contributed by atoms with Crippen LogP contribution in [0.15, 0.2) is 47.4 Å². The number of hydrogen-bond acceptors (Lipinski definition) is 5. The number of nitrogens with zero attached hydrogens (tertiary/aromatic N) is 1. The number of nitriles is 1. The summed E-state index contributed by atoms with van der Waals surface area (Å²) in [5.41, 5.74) is 1.18. The van der Waals surface area contributed by atoms with E-state index in [1.165, 1.54) is 7.11 Å². The van der Waals surface area contributed by atoms with Gasteiger partial charge in [-0.2, -0.15) is 5.26 Å². The predicted octanol–water partition coefficient (Wildman–Crippen LogP) is 3.31. The Bertz CT molecular complexity index is 741. The molecule has 0 unspecified atom stereocenters. The zero-order valence-electron chi connectivity index (χ0n) is 12.8. The molecule has 0 aliphatic rings. The molecule has 2 rings (SSSR count).